The lowest BCUT2D eigenvalue weighted by molar-refractivity contribution is 0.0527. The van der Waals surface area contributed by atoms with Gasteiger partial charge in [0.05, 0.1) is 18.2 Å². The highest BCUT2D eigenvalue weighted by molar-refractivity contribution is 6.06. The van der Waals surface area contributed by atoms with Gasteiger partial charge in [0.15, 0.2) is 0 Å². The largest absolute Gasteiger partial charge is 0.462 e. The van der Waals surface area contributed by atoms with Gasteiger partial charge in [-0.25, -0.2) is 4.79 Å². The lowest BCUT2D eigenvalue weighted by Gasteiger charge is -2.20. The molecule has 24 heavy (non-hydrogen) atoms. The summed E-state index contributed by atoms with van der Waals surface area (Å²) in [5.74, 6) is -0.248. The molecule has 0 aliphatic carbocycles. The fraction of sp³-hybridized carbons (Fsp3) is 0.286. The summed E-state index contributed by atoms with van der Waals surface area (Å²) in [4.78, 5) is 12.5. The van der Waals surface area contributed by atoms with Crippen molar-refractivity contribution in [1.29, 1.82) is 0 Å². The first-order chi connectivity index (χ1) is 11.6. The zero-order valence-corrected chi connectivity index (χ0v) is 14.7. The third kappa shape index (κ3) is 2.60. The maximum absolute atomic E-state index is 12.5. The predicted molar refractivity (Wildman–Crippen MR) is 97.6 cm³/mol. The molecule has 0 saturated heterocycles. The van der Waals surface area contributed by atoms with E-state index in [0.717, 1.165) is 16.6 Å². The van der Waals surface area contributed by atoms with Crippen LogP contribution in [0.4, 0.5) is 0 Å². The molecule has 3 nitrogen and oxygen atoms in total. The normalized spacial score (nSPS) is 12.3. The standard InChI is InChI=1S/C21H23NO2/c1-5-24-21(23)20-16(4)22(19-13-9-8-12-18(19)20)15(3)17-11-7-6-10-14(17)2/h6-13,15H,5H2,1-4H3. The predicted octanol–water partition coefficient (Wildman–Crippen LogP) is 5.04. The molecule has 0 bridgehead atoms. The molecule has 2 aromatic carbocycles. The van der Waals surface area contributed by atoms with Crippen LogP contribution in [-0.4, -0.2) is 17.1 Å². The molecule has 1 unspecified atom stereocenters. The number of carbonyl (C=O) groups is 1. The molecule has 0 radical (unpaired) electrons. The molecule has 0 spiro atoms. The second-order valence-corrected chi connectivity index (χ2v) is 6.10. The molecular weight excluding hydrogens is 298 g/mol. The van der Waals surface area contributed by atoms with E-state index < -0.39 is 0 Å². The Bertz CT molecular complexity index is 892. The summed E-state index contributed by atoms with van der Waals surface area (Å²) in [7, 11) is 0. The molecule has 0 N–H and O–H groups in total. The first kappa shape index (κ1) is 16.3. The highest BCUT2D eigenvalue weighted by Gasteiger charge is 2.24. The van der Waals surface area contributed by atoms with Gasteiger partial charge < -0.3 is 9.30 Å². The lowest BCUT2D eigenvalue weighted by atomic mass is 10.0. The van der Waals surface area contributed by atoms with Crippen LogP contribution in [0.5, 0.6) is 0 Å². The Balaban J connectivity index is 2.24. The summed E-state index contributed by atoms with van der Waals surface area (Å²) in [5.41, 5.74) is 5.20. The van der Waals surface area contributed by atoms with Gasteiger partial charge >= 0.3 is 5.97 Å². The summed E-state index contributed by atoms with van der Waals surface area (Å²) in [6.07, 6.45) is 0. The van der Waals surface area contributed by atoms with Gasteiger partial charge in [-0.05, 0) is 44.9 Å². The SMILES string of the molecule is CCOC(=O)c1c(C)n(C(C)c2ccccc2C)c2ccccc12. The molecule has 1 aromatic heterocycles. The second-order valence-electron chi connectivity index (χ2n) is 6.10. The number of hydrogen-bond acceptors (Lipinski definition) is 2. The van der Waals surface area contributed by atoms with Crippen molar-refractivity contribution in [3.8, 4) is 0 Å². The smallest absolute Gasteiger partial charge is 0.340 e. The van der Waals surface area contributed by atoms with Crippen molar-refractivity contribution >= 4 is 16.9 Å². The van der Waals surface area contributed by atoms with E-state index in [-0.39, 0.29) is 12.0 Å². The average molecular weight is 321 g/mol. The third-order valence-corrected chi connectivity index (χ3v) is 4.66. The average Bonchev–Trinajstić information content (AvgIpc) is 2.87. The van der Waals surface area contributed by atoms with Crippen LogP contribution in [-0.2, 0) is 4.74 Å². The number of carbonyl (C=O) groups excluding carboxylic acids is 1. The highest BCUT2D eigenvalue weighted by atomic mass is 16.5. The lowest BCUT2D eigenvalue weighted by Crippen LogP contribution is -2.12. The Morgan fingerprint density at radius 2 is 1.75 bits per heavy atom. The van der Waals surface area contributed by atoms with Crippen molar-refractivity contribution in [3.05, 3.63) is 70.9 Å². The Morgan fingerprint density at radius 3 is 2.46 bits per heavy atom. The molecule has 3 heteroatoms. The van der Waals surface area contributed by atoms with Gasteiger partial charge in [-0.15, -0.1) is 0 Å². The van der Waals surface area contributed by atoms with Crippen LogP contribution in [0.2, 0.25) is 0 Å². The number of benzene rings is 2. The van der Waals surface area contributed by atoms with E-state index in [2.05, 4.69) is 48.7 Å². The first-order valence-corrected chi connectivity index (χ1v) is 8.38. The van der Waals surface area contributed by atoms with Crippen LogP contribution >= 0.6 is 0 Å². The summed E-state index contributed by atoms with van der Waals surface area (Å²) in [5, 5.41) is 0.953. The molecule has 124 valence electrons. The fourth-order valence-electron chi connectivity index (χ4n) is 3.55. The maximum atomic E-state index is 12.5. The summed E-state index contributed by atoms with van der Waals surface area (Å²) < 4.78 is 7.53. The number of aromatic nitrogens is 1. The summed E-state index contributed by atoms with van der Waals surface area (Å²) >= 11 is 0. The van der Waals surface area contributed by atoms with E-state index in [0.29, 0.717) is 12.2 Å². The number of rotatable bonds is 4. The van der Waals surface area contributed by atoms with Crippen molar-refractivity contribution in [2.75, 3.05) is 6.61 Å². The first-order valence-electron chi connectivity index (χ1n) is 8.38. The van der Waals surface area contributed by atoms with Crippen LogP contribution in [0.15, 0.2) is 48.5 Å². The van der Waals surface area contributed by atoms with Crippen LogP contribution in [0.1, 0.15) is 47.1 Å². The van der Waals surface area contributed by atoms with E-state index in [4.69, 9.17) is 4.74 Å². The van der Waals surface area contributed by atoms with E-state index >= 15 is 0 Å². The Labute approximate surface area is 142 Å². The molecule has 0 fully saturated rings. The number of ether oxygens (including phenoxy) is 1. The molecule has 1 atom stereocenters. The maximum Gasteiger partial charge on any atom is 0.340 e. The van der Waals surface area contributed by atoms with Crippen LogP contribution in [0.25, 0.3) is 10.9 Å². The number of esters is 1. The third-order valence-electron chi connectivity index (χ3n) is 4.66. The number of nitrogens with zero attached hydrogens (tertiary/aromatic N) is 1. The van der Waals surface area contributed by atoms with Gasteiger partial charge in [0.25, 0.3) is 0 Å². The van der Waals surface area contributed by atoms with Crippen molar-refractivity contribution in [2.24, 2.45) is 0 Å². The fourth-order valence-corrected chi connectivity index (χ4v) is 3.55. The molecule has 0 saturated carbocycles. The Morgan fingerprint density at radius 1 is 1.08 bits per heavy atom. The molecular formula is C21H23NO2. The summed E-state index contributed by atoms with van der Waals surface area (Å²) in [6.45, 7) is 8.52. The number of fused-ring (bicyclic) bond motifs is 1. The van der Waals surface area contributed by atoms with E-state index in [9.17, 15) is 4.79 Å². The van der Waals surface area contributed by atoms with Gasteiger partial charge in [0, 0.05) is 16.6 Å². The van der Waals surface area contributed by atoms with Crippen molar-refractivity contribution < 1.29 is 9.53 Å². The minimum absolute atomic E-state index is 0.138. The number of hydrogen-bond donors (Lipinski definition) is 0. The zero-order chi connectivity index (χ0) is 17.3. The van der Waals surface area contributed by atoms with Gasteiger partial charge in [-0.1, -0.05) is 42.5 Å². The van der Waals surface area contributed by atoms with Crippen molar-refractivity contribution in [3.63, 3.8) is 0 Å². The van der Waals surface area contributed by atoms with Crippen molar-refractivity contribution in [2.45, 2.75) is 33.7 Å². The second kappa shape index (κ2) is 6.52. The van der Waals surface area contributed by atoms with Crippen LogP contribution in [0, 0.1) is 13.8 Å². The highest BCUT2D eigenvalue weighted by Crippen LogP contribution is 2.33. The van der Waals surface area contributed by atoms with E-state index in [1.165, 1.54) is 11.1 Å². The number of para-hydroxylation sites is 1. The van der Waals surface area contributed by atoms with Crippen LogP contribution in [0.3, 0.4) is 0 Å². The molecule has 0 aliphatic rings. The molecule has 0 aliphatic heterocycles. The quantitative estimate of drug-likeness (QED) is 0.630. The zero-order valence-electron chi connectivity index (χ0n) is 14.7. The Kier molecular flexibility index (Phi) is 4.43. The topological polar surface area (TPSA) is 31.2 Å². The van der Waals surface area contributed by atoms with E-state index in [1.807, 2.05) is 32.0 Å². The summed E-state index contributed by atoms with van der Waals surface area (Å²) in [6, 6.07) is 16.6. The molecule has 3 aromatic rings. The Hall–Kier alpha value is -2.55. The molecule has 3 rings (SSSR count). The number of aryl methyl sites for hydroxylation is 1. The van der Waals surface area contributed by atoms with Crippen LogP contribution < -0.4 is 0 Å². The van der Waals surface area contributed by atoms with Gasteiger partial charge in [0.1, 0.15) is 0 Å². The minimum atomic E-state index is -0.248. The van der Waals surface area contributed by atoms with E-state index in [1.54, 1.807) is 0 Å². The molecule has 0 amide bonds. The van der Waals surface area contributed by atoms with Gasteiger partial charge in [-0.3, -0.25) is 0 Å². The minimum Gasteiger partial charge on any atom is -0.462 e. The van der Waals surface area contributed by atoms with Crippen molar-refractivity contribution in [1.82, 2.24) is 4.57 Å². The van der Waals surface area contributed by atoms with Gasteiger partial charge in [-0.2, -0.15) is 0 Å². The molecule has 1 heterocycles. The monoisotopic (exact) mass is 321 g/mol. The van der Waals surface area contributed by atoms with Gasteiger partial charge in [0.2, 0.25) is 0 Å².